The molecular weight excluding hydrogens is 240 g/mol. The molecule has 0 aromatic carbocycles. The minimum atomic E-state index is 0.612. The van der Waals surface area contributed by atoms with Gasteiger partial charge in [0.1, 0.15) is 12.1 Å². The Morgan fingerprint density at radius 3 is 2.68 bits per heavy atom. The lowest BCUT2D eigenvalue weighted by atomic mass is 10.2. The summed E-state index contributed by atoms with van der Waals surface area (Å²) in [5.74, 6) is 1.50. The van der Waals surface area contributed by atoms with Crippen LogP contribution in [0.5, 0.6) is 5.88 Å². The van der Waals surface area contributed by atoms with Gasteiger partial charge in [0.15, 0.2) is 0 Å². The van der Waals surface area contributed by atoms with Gasteiger partial charge in [0.2, 0.25) is 5.88 Å². The summed E-state index contributed by atoms with van der Waals surface area (Å²) >= 11 is 0. The molecule has 0 spiro atoms. The van der Waals surface area contributed by atoms with Crippen molar-refractivity contribution in [3.05, 3.63) is 11.9 Å². The Balaban J connectivity index is 2.30. The molecule has 0 fully saturated rings. The summed E-state index contributed by atoms with van der Waals surface area (Å²) in [6, 6.07) is 0.612. The Bertz CT molecular complexity index is 382. The molecule has 1 aromatic heterocycles. The highest BCUT2D eigenvalue weighted by Gasteiger charge is 2.06. The van der Waals surface area contributed by atoms with E-state index >= 15 is 0 Å². The lowest BCUT2D eigenvalue weighted by Gasteiger charge is -2.20. The van der Waals surface area contributed by atoms with Crippen molar-refractivity contribution >= 4 is 5.82 Å². The van der Waals surface area contributed by atoms with E-state index in [9.17, 15) is 0 Å². The Morgan fingerprint density at radius 1 is 1.32 bits per heavy atom. The molecule has 0 bridgehead atoms. The average Bonchev–Trinajstić information content (AvgIpc) is 2.39. The van der Waals surface area contributed by atoms with Gasteiger partial charge < -0.3 is 15.0 Å². The summed E-state index contributed by atoms with van der Waals surface area (Å²) in [6.07, 6.45) is 3.84. The van der Waals surface area contributed by atoms with E-state index in [0.29, 0.717) is 11.9 Å². The zero-order chi connectivity index (χ0) is 14.3. The third-order valence-corrected chi connectivity index (χ3v) is 3.34. The van der Waals surface area contributed by atoms with Crippen LogP contribution in [0.3, 0.4) is 0 Å². The predicted octanol–water partition coefficient (Wildman–Crippen LogP) is 2.33. The summed E-state index contributed by atoms with van der Waals surface area (Å²) in [4.78, 5) is 10.7. The number of hydrogen-bond acceptors (Lipinski definition) is 5. The number of aromatic nitrogens is 2. The van der Waals surface area contributed by atoms with Crippen LogP contribution >= 0.6 is 0 Å². The third-order valence-electron chi connectivity index (χ3n) is 3.34. The van der Waals surface area contributed by atoms with Gasteiger partial charge >= 0.3 is 0 Å². The van der Waals surface area contributed by atoms with Gasteiger partial charge in [-0.1, -0.05) is 0 Å². The summed E-state index contributed by atoms with van der Waals surface area (Å²) in [7, 11) is 3.79. The third kappa shape index (κ3) is 5.03. The minimum Gasteiger partial charge on any atom is -0.481 e. The van der Waals surface area contributed by atoms with Crippen LogP contribution in [0.4, 0.5) is 5.82 Å². The molecule has 0 saturated heterocycles. The molecular formula is C14H26N4O. The van der Waals surface area contributed by atoms with Gasteiger partial charge in [-0.2, -0.15) is 0 Å². The molecule has 0 radical (unpaired) electrons. The second-order valence-corrected chi connectivity index (χ2v) is 5.06. The number of hydrogen-bond donors (Lipinski definition) is 1. The van der Waals surface area contributed by atoms with E-state index in [1.54, 1.807) is 7.11 Å². The van der Waals surface area contributed by atoms with E-state index in [-0.39, 0.29) is 0 Å². The first-order valence-corrected chi connectivity index (χ1v) is 6.86. The fourth-order valence-corrected chi connectivity index (χ4v) is 1.77. The van der Waals surface area contributed by atoms with Crippen molar-refractivity contribution in [2.24, 2.45) is 0 Å². The number of methoxy groups -OCH3 is 1. The van der Waals surface area contributed by atoms with E-state index < -0.39 is 0 Å². The number of anilines is 1. The fourth-order valence-electron chi connectivity index (χ4n) is 1.77. The van der Waals surface area contributed by atoms with Crippen LogP contribution in [0.2, 0.25) is 0 Å². The average molecular weight is 266 g/mol. The second-order valence-electron chi connectivity index (χ2n) is 5.06. The second kappa shape index (κ2) is 7.94. The largest absolute Gasteiger partial charge is 0.481 e. The van der Waals surface area contributed by atoms with Crippen LogP contribution in [0.25, 0.3) is 0 Å². The quantitative estimate of drug-likeness (QED) is 0.732. The number of nitrogens with one attached hydrogen (secondary N) is 1. The van der Waals surface area contributed by atoms with Gasteiger partial charge in [0, 0.05) is 12.6 Å². The molecule has 0 aliphatic rings. The van der Waals surface area contributed by atoms with Crippen LogP contribution in [0.15, 0.2) is 6.33 Å². The zero-order valence-corrected chi connectivity index (χ0v) is 12.7. The van der Waals surface area contributed by atoms with Crippen molar-refractivity contribution in [3.8, 4) is 5.88 Å². The summed E-state index contributed by atoms with van der Waals surface area (Å²) in [5.41, 5.74) is 0.962. The molecule has 1 rings (SSSR count). The standard InChI is InChI=1S/C14H26N4O/c1-11(2)18(4)9-7-6-8-15-13-12(3)14(19-5)17-10-16-13/h10-11H,6-9H2,1-5H3,(H,15,16,17). The van der Waals surface area contributed by atoms with Gasteiger partial charge in [0.05, 0.1) is 12.7 Å². The lowest BCUT2D eigenvalue weighted by molar-refractivity contribution is 0.269. The summed E-state index contributed by atoms with van der Waals surface area (Å²) in [5, 5.41) is 3.34. The normalized spacial score (nSPS) is 11.1. The van der Waals surface area contributed by atoms with Crippen LogP contribution in [0.1, 0.15) is 32.3 Å². The minimum absolute atomic E-state index is 0.612. The Hall–Kier alpha value is -1.36. The van der Waals surface area contributed by atoms with Crippen LogP contribution in [-0.2, 0) is 0 Å². The lowest BCUT2D eigenvalue weighted by Crippen LogP contribution is -2.27. The smallest absolute Gasteiger partial charge is 0.221 e. The maximum absolute atomic E-state index is 5.17. The van der Waals surface area contributed by atoms with E-state index in [2.05, 4.69) is 41.1 Å². The highest BCUT2D eigenvalue weighted by atomic mass is 16.5. The molecule has 1 aromatic rings. The Kier molecular flexibility index (Phi) is 6.56. The summed E-state index contributed by atoms with van der Waals surface area (Å²) in [6.45, 7) is 8.45. The molecule has 0 aliphatic heterocycles. The maximum atomic E-state index is 5.17. The molecule has 0 atom stereocenters. The first-order chi connectivity index (χ1) is 9.06. The Labute approximate surface area is 116 Å². The molecule has 5 heteroatoms. The van der Waals surface area contributed by atoms with Gasteiger partial charge in [-0.15, -0.1) is 0 Å². The highest BCUT2D eigenvalue weighted by molar-refractivity contribution is 5.47. The highest BCUT2D eigenvalue weighted by Crippen LogP contribution is 2.19. The SMILES string of the molecule is COc1ncnc(NCCCCN(C)C(C)C)c1C. The van der Waals surface area contributed by atoms with Crippen molar-refractivity contribution in [1.29, 1.82) is 0 Å². The first kappa shape index (κ1) is 15.7. The molecule has 19 heavy (non-hydrogen) atoms. The number of nitrogens with zero attached hydrogens (tertiary/aromatic N) is 3. The molecule has 0 aliphatic carbocycles. The Morgan fingerprint density at radius 2 is 2.05 bits per heavy atom. The van der Waals surface area contributed by atoms with Crippen LogP contribution in [0, 0.1) is 6.92 Å². The van der Waals surface area contributed by atoms with Crippen molar-refractivity contribution < 1.29 is 4.74 Å². The molecule has 0 amide bonds. The molecule has 5 nitrogen and oxygen atoms in total. The van der Waals surface area contributed by atoms with Crippen molar-refractivity contribution in [2.75, 3.05) is 32.6 Å². The van der Waals surface area contributed by atoms with E-state index in [0.717, 1.165) is 30.9 Å². The zero-order valence-electron chi connectivity index (χ0n) is 12.7. The van der Waals surface area contributed by atoms with Gasteiger partial charge in [-0.05, 0) is 47.2 Å². The van der Waals surface area contributed by atoms with E-state index in [4.69, 9.17) is 4.74 Å². The van der Waals surface area contributed by atoms with E-state index in [1.165, 1.54) is 12.7 Å². The van der Waals surface area contributed by atoms with Crippen LogP contribution < -0.4 is 10.1 Å². The topological polar surface area (TPSA) is 50.3 Å². The van der Waals surface area contributed by atoms with E-state index in [1.807, 2.05) is 6.92 Å². The fraction of sp³-hybridized carbons (Fsp3) is 0.714. The molecule has 108 valence electrons. The van der Waals surface area contributed by atoms with Gasteiger partial charge in [-0.25, -0.2) is 9.97 Å². The molecule has 0 saturated carbocycles. The molecule has 1 N–H and O–H groups in total. The van der Waals surface area contributed by atoms with Crippen molar-refractivity contribution in [3.63, 3.8) is 0 Å². The molecule has 1 heterocycles. The van der Waals surface area contributed by atoms with Crippen molar-refractivity contribution in [1.82, 2.24) is 14.9 Å². The van der Waals surface area contributed by atoms with Crippen molar-refractivity contribution in [2.45, 2.75) is 39.7 Å². The first-order valence-electron chi connectivity index (χ1n) is 6.86. The number of unbranched alkanes of at least 4 members (excludes halogenated alkanes) is 1. The maximum Gasteiger partial charge on any atom is 0.221 e. The number of ether oxygens (including phenoxy) is 1. The van der Waals surface area contributed by atoms with Crippen LogP contribution in [-0.4, -0.2) is 48.2 Å². The van der Waals surface area contributed by atoms with Gasteiger partial charge in [-0.3, -0.25) is 0 Å². The predicted molar refractivity (Wildman–Crippen MR) is 78.8 cm³/mol. The molecule has 0 unspecified atom stereocenters. The van der Waals surface area contributed by atoms with Gasteiger partial charge in [0.25, 0.3) is 0 Å². The monoisotopic (exact) mass is 266 g/mol. The number of rotatable bonds is 8. The summed E-state index contributed by atoms with van der Waals surface area (Å²) < 4.78 is 5.17.